The molecule has 0 fully saturated rings. The second kappa shape index (κ2) is 7.43. The Balaban J connectivity index is 5.55. The Morgan fingerprint density at radius 1 is 0.952 bits per heavy atom. The third-order valence-electron chi connectivity index (χ3n) is 4.89. The monoisotopic (exact) mass is 301 g/mol. The van der Waals surface area contributed by atoms with Crippen LogP contribution in [-0.4, -0.2) is 33.2 Å². The second-order valence-electron chi connectivity index (χ2n) is 6.01. The van der Waals surface area contributed by atoms with Gasteiger partial charge in [0.15, 0.2) is 0 Å². The summed E-state index contributed by atoms with van der Waals surface area (Å²) in [6, 6.07) is 0. The summed E-state index contributed by atoms with van der Waals surface area (Å²) in [5.41, 5.74) is -1.05. The first-order valence-electron chi connectivity index (χ1n) is 6.96. The van der Waals surface area contributed by atoms with Gasteiger partial charge in [-0.3, -0.25) is 14.4 Å². The van der Waals surface area contributed by atoms with Crippen molar-refractivity contribution < 1.29 is 29.7 Å². The Morgan fingerprint density at radius 2 is 1.33 bits per heavy atom. The molecular weight excluding hydrogens is 276 g/mol. The molecule has 0 aliphatic rings. The van der Waals surface area contributed by atoms with E-state index in [-0.39, 0.29) is 12.3 Å². The molecule has 0 aromatic rings. The third kappa shape index (κ3) is 4.44. The van der Waals surface area contributed by atoms with Crippen molar-refractivity contribution in [2.75, 3.05) is 0 Å². The maximum Gasteiger partial charge on any atom is 0.306 e. The summed E-state index contributed by atoms with van der Waals surface area (Å²) in [5.74, 6) is -6.05. The molecule has 0 saturated carbocycles. The van der Waals surface area contributed by atoms with Crippen LogP contribution < -0.4 is 0 Å². The molecule has 0 aromatic heterocycles. The third-order valence-corrected chi connectivity index (χ3v) is 4.89. The minimum absolute atomic E-state index is 0.185. The molecule has 3 N–H and O–H groups in total. The van der Waals surface area contributed by atoms with Crippen molar-refractivity contribution in [3.63, 3.8) is 0 Å². The fraction of sp³-hybridized carbons (Fsp3) is 0.733. The Kier molecular flexibility index (Phi) is 6.86. The molecule has 0 amide bonds. The van der Waals surface area contributed by atoms with E-state index in [9.17, 15) is 24.6 Å². The summed E-state index contributed by atoms with van der Waals surface area (Å²) in [6.07, 6.45) is 0.493. The Bertz CT molecular complexity index is 383. The Morgan fingerprint density at radius 3 is 1.57 bits per heavy atom. The van der Waals surface area contributed by atoms with Gasteiger partial charge in [0.2, 0.25) is 0 Å². The molecule has 0 spiro atoms. The molecule has 0 bridgehead atoms. The molecule has 0 saturated heterocycles. The van der Waals surface area contributed by atoms with E-state index in [0.29, 0.717) is 6.42 Å². The highest BCUT2D eigenvalue weighted by Gasteiger charge is 2.46. The average Bonchev–Trinajstić information content (AvgIpc) is 2.41. The van der Waals surface area contributed by atoms with Crippen molar-refractivity contribution >= 4 is 17.9 Å². The van der Waals surface area contributed by atoms with Gasteiger partial charge in [-0.15, -0.1) is 0 Å². The average molecular weight is 301 g/mol. The lowest BCUT2D eigenvalue weighted by molar-refractivity contribution is -0.155. The predicted molar refractivity (Wildman–Crippen MR) is 76.6 cm³/mol. The summed E-state index contributed by atoms with van der Waals surface area (Å²) in [4.78, 5) is 33.8. The predicted octanol–water partition coefficient (Wildman–Crippen LogP) is 2.39. The Hall–Kier alpha value is -1.59. The lowest BCUT2D eigenvalue weighted by Crippen LogP contribution is -2.43. The zero-order valence-electron chi connectivity index (χ0n) is 13.0. The van der Waals surface area contributed by atoms with Crippen LogP contribution in [0, 0.1) is 36.0 Å². The smallest absolute Gasteiger partial charge is 0.306 e. The zero-order chi connectivity index (χ0) is 17.0. The molecule has 121 valence electrons. The molecule has 21 heavy (non-hydrogen) atoms. The molecule has 1 radical (unpaired) electrons. The topological polar surface area (TPSA) is 112 Å². The van der Waals surface area contributed by atoms with Crippen molar-refractivity contribution in [3.05, 3.63) is 6.92 Å². The quantitative estimate of drug-likeness (QED) is 0.603. The first kappa shape index (κ1) is 19.4. The molecule has 4 atom stereocenters. The van der Waals surface area contributed by atoms with E-state index in [1.165, 1.54) is 20.8 Å². The molecule has 0 aromatic carbocycles. The highest BCUT2D eigenvalue weighted by molar-refractivity contribution is 5.75. The van der Waals surface area contributed by atoms with Crippen molar-refractivity contribution in [3.8, 4) is 0 Å². The number of carboxylic acids is 3. The number of hydrogen-bond acceptors (Lipinski definition) is 3. The van der Waals surface area contributed by atoms with Crippen molar-refractivity contribution in [2.24, 2.45) is 29.1 Å². The maximum absolute atomic E-state index is 11.3. The van der Waals surface area contributed by atoms with Gasteiger partial charge in [0.1, 0.15) is 0 Å². The van der Waals surface area contributed by atoms with E-state index in [1.807, 2.05) is 0 Å². The van der Waals surface area contributed by atoms with Crippen LogP contribution in [-0.2, 0) is 14.4 Å². The second-order valence-corrected chi connectivity index (χ2v) is 6.01. The first-order valence-corrected chi connectivity index (χ1v) is 6.96. The largest absolute Gasteiger partial charge is 0.481 e. The van der Waals surface area contributed by atoms with E-state index < -0.39 is 41.1 Å². The van der Waals surface area contributed by atoms with E-state index >= 15 is 0 Å². The van der Waals surface area contributed by atoms with Gasteiger partial charge in [0, 0.05) is 0 Å². The van der Waals surface area contributed by atoms with Gasteiger partial charge in [-0.25, -0.2) is 0 Å². The van der Waals surface area contributed by atoms with Crippen molar-refractivity contribution in [1.29, 1.82) is 0 Å². The van der Waals surface area contributed by atoms with E-state index in [1.54, 1.807) is 6.92 Å². The molecule has 6 nitrogen and oxygen atoms in total. The van der Waals surface area contributed by atoms with Crippen LogP contribution in [0.2, 0.25) is 0 Å². The highest BCUT2D eigenvalue weighted by atomic mass is 16.4. The van der Waals surface area contributed by atoms with Gasteiger partial charge in [0.25, 0.3) is 0 Å². The Labute approximate surface area is 125 Å². The highest BCUT2D eigenvalue weighted by Crippen LogP contribution is 2.44. The summed E-state index contributed by atoms with van der Waals surface area (Å²) in [7, 11) is 0. The summed E-state index contributed by atoms with van der Waals surface area (Å²) in [5, 5.41) is 27.6. The first-order chi connectivity index (χ1) is 9.48. The number of rotatable bonds is 9. The number of carboxylic acid groups (broad SMARTS) is 3. The molecule has 0 rings (SSSR count). The molecule has 6 heteroatoms. The minimum atomic E-state index is -1.09. The van der Waals surface area contributed by atoms with Crippen LogP contribution in [0.1, 0.15) is 40.5 Å². The molecule has 0 aliphatic heterocycles. The maximum atomic E-state index is 11.3. The SMILES string of the molecule is [CH2]CC(CC(C)(C(C)C(=O)O)C(C)C(=O)O)C(C)C(=O)O. The zero-order valence-corrected chi connectivity index (χ0v) is 13.0. The molecule has 0 heterocycles. The summed E-state index contributed by atoms with van der Waals surface area (Å²) in [6.45, 7) is 9.79. The number of carbonyl (C=O) groups is 3. The molecular formula is C15H25O6. The standard InChI is InChI=1S/C15H25O6/c1-6-11(8(2)12(16)17)7-15(5,9(3)13(18)19)10(4)14(20)21/h8-11H,1,6-7H2,2-5H3,(H,16,17)(H,18,19)(H,20,21). The van der Waals surface area contributed by atoms with E-state index in [0.717, 1.165) is 0 Å². The van der Waals surface area contributed by atoms with Crippen molar-refractivity contribution in [1.82, 2.24) is 0 Å². The van der Waals surface area contributed by atoms with Crippen molar-refractivity contribution in [2.45, 2.75) is 40.5 Å². The van der Waals surface area contributed by atoms with E-state index in [2.05, 4.69) is 6.92 Å². The molecule has 0 aliphatic carbocycles. The van der Waals surface area contributed by atoms with E-state index in [4.69, 9.17) is 5.11 Å². The van der Waals surface area contributed by atoms with Crippen LogP contribution in [0.15, 0.2) is 0 Å². The minimum Gasteiger partial charge on any atom is -0.481 e. The van der Waals surface area contributed by atoms with Gasteiger partial charge in [-0.2, -0.15) is 0 Å². The van der Waals surface area contributed by atoms with Crippen LogP contribution >= 0.6 is 0 Å². The fourth-order valence-electron chi connectivity index (χ4n) is 2.59. The van der Waals surface area contributed by atoms with Crippen LogP contribution in [0.4, 0.5) is 0 Å². The summed E-state index contributed by atoms with van der Waals surface area (Å²) < 4.78 is 0. The van der Waals surface area contributed by atoms with Gasteiger partial charge in [0.05, 0.1) is 17.8 Å². The van der Waals surface area contributed by atoms with Crippen LogP contribution in [0.25, 0.3) is 0 Å². The number of hydrogen-bond donors (Lipinski definition) is 3. The normalized spacial score (nSPS) is 19.9. The number of aliphatic carboxylic acids is 3. The fourth-order valence-corrected chi connectivity index (χ4v) is 2.59. The van der Waals surface area contributed by atoms with Crippen LogP contribution in [0.5, 0.6) is 0 Å². The van der Waals surface area contributed by atoms with Crippen LogP contribution in [0.3, 0.4) is 0 Å². The lowest BCUT2D eigenvalue weighted by Gasteiger charge is -2.40. The lowest BCUT2D eigenvalue weighted by atomic mass is 9.62. The molecule has 4 unspecified atom stereocenters. The van der Waals surface area contributed by atoms with Gasteiger partial charge in [-0.05, 0) is 24.2 Å². The van der Waals surface area contributed by atoms with Gasteiger partial charge < -0.3 is 15.3 Å². The van der Waals surface area contributed by atoms with Gasteiger partial charge >= 0.3 is 17.9 Å². The van der Waals surface area contributed by atoms with Gasteiger partial charge in [-0.1, -0.05) is 34.6 Å². The summed E-state index contributed by atoms with van der Waals surface area (Å²) >= 11 is 0.